The van der Waals surface area contributed by atoms with Gasteiger partial charge in [-0.2, -0.15) is 0 Å². The number of rotatable bonds is 3. The fraction of sp³-hybridized carbons (Fsp3) is 0.733. The van der Waals surface area contributed by atoms with Crippen molar-refractivity contribution in [3.63, 3.8) is 0 Å². The number of methoxy groups -OCH3 is 1. The SMILES string of the molecule is COC1(c2nc(=S)c(C(C)C)c(C)[nH]2)CCCCC1. The van der Waals surface area contributed by atoms with E-state index in [1.807, 2.05) is 0 Å². The third kappa shape index (κ3) is 2.75. The average molecular weight is 280 g/mol. The second kappa shape index (κ2) is 5.71. The Bertz CT molecular complexity index is 501. The van der Waals surface area contributed by atoms with Crippen LogP contribution in [0.5, 0.6) is 0 Å². The van der Waals surface area contributed by atoms with Crippen LogP contribution in [0.4, 0.5) is 0 Å². The molecule has 0 aromatic carbocycles. The van der Waals surface area contributed by atoms with Crippen LogP contribution in [-0.4, -0.2) is 17.1 Å². The summed E-state index contributed by atoms with van der Waals surface area (Å²) in [7, 11) is 1.79. The maximum absolute atomic E-state index is 5.84. The van der Waals surface area contributed by atoms with E-state index in [0.29, 0.717) is 5.92 Å². The Kier molecular flexibility index (Phi) is 4.41. The van der Waals surface area contributed by atoms with E-state index in [2.05, 4.69) is 30.7 Å². The topological polar surface area (TPSA) is 37.9 Å². The van der Waals surface area contributed by atoms with E-state index in [4.69, 9.17) is 17.0 Å². The van der Waals surface area contributed by atoms with Crippen LogP contribution in [0.1, 0.15) is 69.0 Å². The lowest BCUT2D eigenvalue weighted by Gasteiger charge is -2.35. The first kappa shape index (κ1) is 14.7. The molecule has 1 aliphatic rings. The highest BCUT2D eigenvalue weighted by Crippen LogP contribution is 2.38. The van der Waals surface area contributed by atoms with Crippen LogP contribution in [0.15, 0.2) is 0 Å². The second-order valence-electron chi connectivity index (χ2n) is 5.84. The minimum atomic E-state index is -0.258. The molecular weight excluding hydrogens is 256 g/mol. The van der Waals surface area contributed by atoms with E-state index in [-0.39, 0.29) is 5.60 Å². The second-order valence-corrected chi connectivity index (χ2v) is 6.23. The number of hydrogen-bond donors (Lipinski definition) is 1. The molecule has 0 unspecified atom stereocenters. The number of aromatic nitrogens is 2. The van der Waals surface area contributed by atoms with Crippen molar-refractivity contribution in [3.8, 4) is 0 Å². The molecule has 19 heavy (non-hydrogen) atoms. The summed E-state index contributed by atoms with van der Waals surface area (Å²) >= 11 is 5.48. The van der Waals surface area contributed by atoms with Gasteiger partial charge in [0, 0.05) is 18.4 Å². The Labute approximate surface area is 120 Å². The largest absolute Gasteiger partial charge is 0.370 e. The molecule has 0 saturated heterocycles. The summed E-state index contributed by atoms with van der Waals surface area (Å²) in [6.07, 6.45) is 5.74. The molecule has 1 aromatic heterocycles. The number of H-pyrrole nitrogens is 1. The van der Waals surface area contributed by atoms with Gasteiger partial charge in [0.05, 0.1) is 0 Å². The van der Waals surface area contributed by atoms with Crippen molar-refractivity contribution < 1.29 is 4.74 Å². The quantitative estimate of drug-likeness (QED) is 0.835. The predicted octanol–water partition coefficient (Wildman–Crippen LogP) is 4.38. The van der Waals surface area contributed by atoms with Gasteiger partial charge in [-0.05, 0) is 25.7 Å². The molecule has 0 amide bonds. The lowest BCUT2D eigenvalue weighted by atomic mass is 9.83. The number of aromatic amines is 1. The summed E-state index contributed by atoms with van der Waals surface area (Å²) in [6, 6.07) is 0. The maximum atomic E-state index is 5.84. The van der Waals surface area contributed by atoms with Crippen LogP contribution in [0.3, 0.4) is 0 Å². The van der Waals surface area contributed by atoms with Gasteiger partial charge in [-0.15, -0.1) is 0 Å². The van der Waals surface area contributed by atoms with Crippen molar-refractivity contribution in [2.45, 2.75) is 64.4 Å². The monoisotopic (exact) mass is 280 g/mol. The van der Waals surface area contributed by atoms with Crippen LogP contribution in [0, 0.1) is 11.6 Å². The number of hydrogen-bond acceptors (Lipinski definition) is 3. The Morgan fingerprint density at radius 2 is 1.89 bits per heavy atom. The molecule has 1 aliphatic carbocycles. The van der Waals surface area contributed by atoms with Gasteiger partial charge in [0.2, 0.25) is 0 Å². The van der Waals surface area contributed by atoms with Crippen LogP contribution in [-0.2, 0) is 10.3 Å². The standard InChI is InChI=1S/C15H24N2OS/c1-10(2)12-11(3)16-14(17-13(12)19)15(18-4)8-6-5-7-9-15/h10H,5-9H2,1-4H3,(H,16,17,19). The zero-order valence-corrected chi connectivity index (χ0v) is 13.2. The number of nitrogens with zero attached hydrogens (tertiary/aromatic N) is 1. The first-order valence-electron chi connectivity index (χ1n) is 7.16. The molecule has 106 valence electrons. The van der Waals surface area contributed by atoms with Crippen molar-refractivity contribution in [2.24, 2.45) is 0 Å². The molecule has 0 spiro atoms. The lowest BCUT2D eigenvalue weighted by Crippen LogP contribution is -2.33. The van der Waals surface area contributed by atoms with E-state index in [1.54, 1.807) is 7.11 Å². The Morgan fingerprint density at radius 3 is 2.37 bits per heavy atom. The fourth-order valence-corrected chi connectivity index (χ4v) is 3.63. The normalized spacial score (nSPS) is 18.8. The maximum Gasteiger partial charge on any atom is 0.140 e. The van der Waals surface area contributed by atoms with Gasteiger partial charge in [-0.25, -0.2) is 4.98 Å². The molecule has 0 aliphatic heterocycles. The molecule has 2 rings (SSSR count). The van der Waals surface area contributed by atoms with Gasteiger partial charge >= 0.3 is 0 Å². The molecule has 0 atom stereocenters. The lowest BCUT2D eigenvalue weighted by molar-refractivity contribution is -0.0517. The first-order chi connectivity index (χ1) is 9.00. The molecule has 1 aromatic rings. The van der Waals surface area contributed by atoms with Crippen LogP contribution < -0.4 is 0 Å². The van der Waals surface area contributed by atoms with Crippen molar-refractivity contribution >= 4 is 12.2 Å². The van der Waals surface area contributed by atoms with E-state index in [9.17, 15) is 0 Å². The molecule has 4 heteroatoms. The van der Waals surface area contributed by atoms with Gasteiger partial charge in [-0.1, -0.05) is 45.3 Å². The van der Waals surface area contributed by atoms with Crippen molar-refractivity contribution in [1.29, 1.82) is 0 Å². The van der Waals surface area contributed by atoms with Crippen LogP contribution in [0.25, 0.3) is 0 Å². The molecule has 1 saturated carbocycles. The molecule has 1 N–H and O–H groups in total. The van der Waals surface area contributed by atoms with Gasteiger partial charge in [0.15, 0.2) is 0 Å². The Morgan fingerprint density at radius 1 is 1.26 bits per heavy atom. The minimum absolute atomic E-state index is 0.258. The van der Waals surface area contributed by atoms with Gasteiger partial charge in [0.25, 0.3) is 0 Å². The average Bonchev–Trinajstić information content (AvgIpc) is 2.38. The summed E-state index contributed by atoms with van der Waals surface area (Å²) in [4.78, 5) is 8.11. The third-order valence-electron chi connectivity index (χ3n) is 4.21. The summed E-state index contributed by atoms with van der Waals surface area (Å²) in [5.41, 5.74) is 2.03. The molecule has 1 heterocycles. The van der Waals surface area contributed by atoms with Gasteiger partial charge < -0.3 is 9.72 Å². The smallest absolute Gasteiger partial charge is 0.140 e. The van der Waals surface area contributed by atoms with Gasteiger partial charge in [-0.3, -0.25) is 0 Å². The number of nitrogens with one attached hydrogen (secondary N) is 1. The Balaban J connectivity index is 2.48. The molecule has 3 nitrogen and oxygen atoms in total. The van der Waals surface area contributed by atoms with E-state index in [0.717, 1.165) is 34.6 Å². The highest BCUT2D eigenvalue weighted by atomic mass is 32.1. The molecule has 1 fully saturated rings. The van der Waals surface area contributed by atoms with Crippen molar-refractivity contribution in [2.75, 3.05) is 7.11 Å². The molecule has 0 bridgehead atoms. The van der Waals surface area contributed by atoms with Crippen LogP contribution in [0.2, 0.25) is 0 Å². The fourth-order valence-electron chi connectivity index (χ4n) is 3.15. The Hall–Kier alpha value is -0.740. The summed E-state index contributed by atoms with van der Waals surface area (Å²) in [6.45, 7) is 6.39. The summed E-state index contributed by atoms with van der Waals surface area (Å²) in [5, 5.41) is 0. The van der Waals surface area contributed by atoms with E-state index in [1.165, 1.54) is 19.3 Å². The highest BCUT2D eigenvalue weighted by molar-refractivity contribution is 7.71. The summed E-state index contributed by atoms with van der Waals surface area (Å²) in [5.74, 6) is 1.32. The van der Waals surface area contributed by atoms with Crippen molar-refractivity contribution in [3.05, 3.63) is 21.7 Å². The number of aryl methyl sites for hydroxylation is 1. The predicted molar refractivity (Wildman–Crippen MR) is 80.0 cm³/mol. The van der Waals surface area contributed by atoms with E-state index < -0.39 is 0 Å². The van der Waals surface area contributed by atoms with Gasteiger partial charge in [0.1, 0.15) is 16.1 Å². The molecular formula is C15H24N2OS. The number of ether oxygens (including phenoxy) is 1. The van der Waals surface area contributed by atoms with Crippen molar-refractivity contribution in [1.82, 2.24) is 9.97 Å². The minimum Gasteiger partial charge on any atom is -0.370 e. The zero-order valence-electron chi connectivity index (χ0n) is 12.4. The first-order valence-corrected chi connectivity index (χ1v) is 7.57. The zero-order chi connectivity index (χ0) is 14.0. The molecule has 0 radical (unpaired) electrons. The van der Waals surface area contributed by atoms with E-state index >= 15 is 0 Å². The van der Waals surface area contributed by atoms with Crippen LogP contribution >= 0.6 is 12.2 Å². The summed E-state index contributed by atoms with van der Waals surface area (Å²) < 4.78 is 6.56. The highest BCUT2D eigenvalue weighted by Gasteiger charge is 2.36. The third-order valence-corrected chi connectivity index (χ3v) is 4.53.